The summed E-state index contributed by atoms with van der Waals surface area (Å²) in [5, 5.41) is 3.06. The number of halogens is 1. The molecule has 0 heterocycles. The van der Waals surface area contributed by atoms with Crippen molar-refractivity contribution >= 4 is 27.3 Å². The Balaban J connectivity index is 2.50. The third-order valence-corrected chi connectivity index (χ3v) is 4.48. The summed E-state index contributed by atoms with van der Waals surface area (Å²) in [6.07, 6.45) is 0.778. The molecule has 0 aliphatic carbocycles. The van der Waals surface area contributed by atoms with Crippen molar-refractivity contribution in [3.05, 3.63) is 29.3 Å². The van der Waals surface area contributed by atoms with Crippen LogP contribution in [0.4, 0.5) is 0 Å². The molecule has 0 bridgehead atoms. The molecule has 112 valence electrons. The number of hydrogen-bond acceptors (Lipinski definition) is 4. The summed E-state index contributed by atoms with van der Waals surface area (Å²) in [5.41, 5.74) is 0. The van der Waals surface area contributed by atoms with Crippen molar-refractivity contribution in [3.8, 4) is 0 Å². The van der Waals surface area contributed by atoms with Gasteiger partial charge in [0.15, 0.2) is 9.84 Å². The first-order valence-electron chi connectivity index (χ1n) is 6.21. The van der Waals surface area contributed by atoms with Gasteiger partial charge in [0.05, 0.1) is 4.90 Å². The maximum Gasteiger partial charge on any atom is 0.235 e. The van der Waals surface area contributed by atoms with Crippen molar-refractivity contribution in [2.24, 2.45) is 0 Å². The molecule has 0 aliphatic heterocycles. The van der Waals surface area contributed by atoms with Crippen LogP contribution in [0, 0.1) is 0 Å². The molecular formula is C13H19ClN2O3S. The molecule has 1 aromatic rings. The molecule has 0 radical (unpaired) electrons. The van der Waals surface area contributed by atoms with E-state index >= 15 is 0 Å². The van der Waals surface area contributed by atoms with E-state index in [0.29, 0.717) is 11.6 Å². The van der Waals surface area contributed by atoms with Gasteiger partial charge in [-0.3, -0.25) is 4.79 Å². The highest BCUT2D eigenvalue weighted by molar-refractivity contribution is 7.92. The van der Waals surface area contributed by atoms with Gasteiger partial charge in [-0.1, -0.05) is 11.6 Å². The van der Waals surface area contributed by atoms with Gasteiger partial charge in [0.2, 0.25) is 5.91 Å². The number of nitrogens with one attached hydrogen (secondary N) is 1. The molecular weight excluding hydrogens is 300 g/mol. The zero-order valence-corrected chi connectivity index (χ0v) is 13.2. The van der Waals surface area contributed by atoms with E-state index in [1.165, 1.54) is 24.3 Å². The average molecular weight is 319 g/mol. The fraction of sp³-hybridized carbons (Fsp3) is 0.462. The van der Waals surface area contributed by atoms with Crippen LogP contribution in [0.5, 0.6) is 0 Å². The highest BCUT2D eigenvalue weighted by Gasteiger charge is 2.18. The number of amides is 1. The minimum atomic E-state index is -3.61. The van der Waals surface area contributed by atoms with Gasteiger partial charge < -0.3 is 10.2 Å². The van der Waals surface area contributed by atoms with Crippen molar-refractivity contribution in [1.29, 1.82) is 0 Å². The predicted octanol–water partition coefficient (Wildman–Crippen LogP) is 1.18. The van der Waals surface area contributed by atoms with Crippen LogP contribution in [-0.2, 0) is 14.6 Å². The Morgan fingerprint density at radius 2 is 1.85 bits per heavy atom. The Morgan fingerprint density at radius 3 is 2.40 bits per heavy atom. The third kappa shape index (κ3) is 5.90. The van der Waals surface area contributed by atoms with E-state index in [4.69, 9.17) is 11.6 Å². The summed E-state index contributed by atoms with van der Waals surface area (Å²) < 4.78 is 24.0. The largest absolute Gasteiger partial charge is 0.355 e. The van der Waals surface area contributed by atoms with Crippen molar-refractivity contribution in [2.45, 2.75) is 11.3 Å². The number of benzene rings is 1. The maximum atomic E-state index is 12.0. The van der Waals surface area contributed by atoms with Gasteiger partial charge in [-0.25, -0.2) is 8.42 Å². The van der Waals surface area contributed by atoms with E-state index in [0.717, 1.165) is 13.0 Å². The molecule has 7 heteroatoms. The average Bonchev–Trinajstić information content (AvgIpc) is 2.34. The number of carbonyl (C=O) groups is 1. The summed E-state index contributed by atoms with van der Waals surface area (Å²) in [4.78, 5) is 13.7. The first kappa shape index (κ1) is 16.9. The molecule has 20 heavy (non-hydrogen) atoms. The Bertz CT molecular complexity index is 541. The molecule has 0 spiro atoms. The van der Waals surface area contributed by atoms with E-state index in [1.54, 1.807) is 0 Å². The van der Waals surface area contributed by atoms with Gasteiger partial charge in [-0.15, -0.1) is 0 Å². The molecule has 1 rings (SSSR count). The van der Waals surface area contributed by atoms with Crippen LogP contribution in [0.2, 0.25) is 5.02 Å². The van der Waals surface area contributed by atoms with Gasteiger partial charge in [-0.2, -0.15) is 0 Å². The first-order valence-corrected chi connectivity index (χ1v) is 8.24. The lowest BCUT2D eigenvalue weighted by Gasteiger charge is -2.10. The zero-order valence-electron chi connectivity index (χ0n) is 11.6. The van der Waals surface area contributed by atoms with Crippen LogP contribution in [0.3, 0.4) is 0 Å². The fourth-order valence-electron chi connectivity index (χ4n) is 1.57. The minimum Gasteiger partial charge on any atom is -0.355 e. The number of carbonyl (C=O) groups excluding carboxylic acids is 1. The SMILES string of the molecule is CN(C)CCCNC(=O)CS(=O)(=O)c1ccc(Cl)cc1. The first-order chi connectivity index (χ1) is 9.31. The van der Waals surface area contributed by atoms with Crippen LogP contribution in [0.1, 0.15) is 6.42 Å². The lowest BCUT2D eigenvalue weighted by molar-refractivity contribution is -0.118. The Labute approximate surface area is 124 Å². The predicted molar refractivity (Wildman–Crippen MR) is 79.7 cm³/mol. The molecule has 5 nitrogen and oxygen atoms in total. The van der Waals surface area contributed by atoms with Crippen LogP contribution in [0.25, 0.3) is 0 Å². The molecule has 0 aliphatic rings. The molecule has 1 aromatic carbocycles. The quantitative estimate of drug-likeness (QED) is 0.767. The van der Waals surface area contributed by atoms with E-state index in [-0.39, 0.29) is 4.90 Å². The van der Waals surface area contributed by atoms with Gasteiger partial charge in [0.1, 0.15) is 5.75 Å². The molecule has 0 aromatic heterocycles. The number of nitrogens with zero attached hydrogens (tertiary/aromatic N) is 1. The van der Waals surface area contributed by atoms with Crippen LogP contribution < -0.4 is 5.32 Å². The molecule has 0 unspecified atom stereocenters. The lowest BCUT2D eigenvalue weighted by atomic mass is 10.4. The number of hydrogen-bond donors (Lipinski definition) is 1. The number of rotatable bonds is 7. The zero-order chi connectivity index (χ0) is 15.2. The molecule has 0 saturated carbocycles. The van der Waals surface area contributed by atoms with Crippen molar-refractivity contribution in [2.75, 3.05) is 32.9 Å². The fourth-order valence-corrected chi connectivity index (χ4v) is 2.86. The Kier molecular flexibility index (Phi) is 6.45. The third-order valence-electron chi connectivity index (χ3n) is 2.60. The van der Waals surface area contributed by atoms with Crippen LogP contribution in [-0.4, -0.2) is 52.2 Å². The van der Waals surface area contributed by atoms with Gasteiger partial charge in [-0.05, 0) is 51.3 Å². The summed E-state index contributed by atoms with van der Waals surface area (Å²) >= 11 is 5.70. The summed E-state index contributed by atoms with van der Waals surface area (Å²) in [7, 11) is 0.264. The van der Waals surface area contributed by atoms with E-state index in [1.807, 2.05) is 19.0 Å². The van der Waals surface area contributed by atoms with Crippen molar-refractivity contribution in [1.82, 2.24) is 10.2 Å². The maximum absolute atomic E-state index is 12.0. The number of sulfone groups is 1. The standard InChI is InChI=1S/C13H19ClN2O3S/c1-16(2)9-3-8-15-13(17)10-20(18,19)12-6-4-11(14)5-7-12/h4-7H,3,8-10H2,1-2H3,(H,15,17). The van der Waals surface area contributed by atoms with Crippen LogP contribution >= 0.6 is 11.6 Å². The minimum absolute atomic E-state index is 0.102. The van der Waals surface area contributed by atoms with Crippen molar-refractivity contribution in [3.63, 3.8) is 0 Å². The second-order valence-electron chi connectivity index (χ2n) is 4.72. The topological polar surface area (TPSA) is 66.5 Å². The van der Waals surface area contributed by atoms with E-state index in [2.05, 4.69) is 5.32 Å². The Morgan fingerprint density at radius 1 is 1.25 bits per heavy atom. The molecule has 0 atom stereocenters. The van der Waals surface area contributed by atoms with Gasteiger partial charge >= 0.3 is 0 Å². The molecule has 0 saturated heterocycles. The second-order valence-corrected chi connectivity index (χ2v) is 7.15. The van der Waals surface area contributed by atoms with Gasteiger partial charge in [0.25, 0.3) is 0 Å². The Hall–Kier alpha value is -1.11. The molecule has 1 N–H and O–H groups in total. The summed E-state index contributed by atoms with van der Waals surface area (Å²) in [5.74, 6) is -1.03. The summed E-state index contributed by atoms with van der Waals surface area (Å²) in [6.45, 7) is 1.30. The van der Waals surface area contributed by atoms with E-state index < -0.39 is 21.5 Å². The van der Waals surface area contributed by atoms with Crippen LogP contribution in [0.15, 0.2) is 29.2 Å². The van der Waals surface area contributed by atoms with Gasteiger partial charge in [0, 0.05) is 11.6 Å². The van der Waals surface area contributed by atoms with Crippen molar-refractivity contribution < 1.29 is 13.2 Å². The molecule has 0 fully saturated rings. The normalized spacial score (nSPS) is 11.6. The monoisotopic (exact) mass is 318 g/mol. The highest BCUT2D eigenvalue weighted by Crippen LogP contribution is 2.15. The summed E-state index contributed by atoms with van der Waals surface area (Å²) in [6, 6.07) is 5.78. The smallest absolute Gasteiger partial charge is 0.235 e. The highest BCUT2D eigenvalue weighted by atomic mass is 35.5. The lowest BCUT2D eigenvalue weighted by Crippen LogP contribution is -2.32. The second kappa shape index (κ2) is 7.61. The molecule has 1 amide bonds. The van der Waals surface area contributed by atoms with E-state index in [9.17, 15) is 13.2 Å².